The van der Waals surface area contributed by atoms with Crippen molar-refractivity contribution in [3.8, 4) is 0 Å². The smallest absolute Gasteiger partial charge is 0.339 e. The normalized spacial score (nSPS) is 22.3. The number of methoxy groups -OCH3 is 1. The van der Waals surface area contributed by atoms with Crippen molar-refractivity contribution in [1.29, 1.82) is 0 Å². The second kappa shape index (κ2) is 6.95. The van der Waals surface area contributed by atoms with Crippen molar-refractivity contribution in [2.75, 3.05) is 7.11 Å². The summed E-state index contributed by atoms with van der Waals surface area (Å²) in [6, 6.07) is 3.97. The summed E-state index contributed by atoms with van der Waals surface area (Å²) >= 11 is 5.96. The van der Waals surface area contributed by atoms with Gasteiger partial charge in [0.05, 0.1) is 22.6 Å². The maximum absolute atomic E-state index is 12.4. The number of carbonyl (C=O) groups is 1. The topological polar surface area (TPSA) is 98.5 Å². The van der Waals surface area contributed by atoms with Gasteiger partial charge >= 0.3 is 5.97 Å². The average molecular weight is 347 g/mol. The number of hydrogen-bond donors (Lipinski definition) is 2. The van der Waals surface area contributed by atoms with Crippen LogP contribution in [0.2, 0.25) is 5.02 Å². The molecule has 0 radical (unpaired) electrons. The highest BCUT2D eigenvalue weighted by atomic mass is 35.5. The number of hydrogen-bond acceptors (Lipinski definition) is 5. The zero-order chi connectivity index (χ0) is 16.3. The van der Waals surface area contributed by atoms with Gasteiger partial charge in [0.1, 0.15) is 0 Å². The van der Waals surface area contributed by atoms with Crippen LogP contribution >= 0.6 is 11.6 Å². The molecule has 1 aliphatic carbocycles. The van der Waals surface area contributed by atoms with Crippen LogP contribution in [-0.4, -0.2) is 33.6 Å². The molecule has 1 fully saturated rings. The van der Waals surface area contributed by atoms with Crippen molar-refractivity contribution >= 4 is 27.6 Å². The molecular weight excluding hydrogens is 328 g/mol. The first kappa shape index (κ1) is 17.2. The first-order valence-electron chi connectivity index (χ1n) is 6.99. The third-order valence-corrected chi connectivity index (χ3v) is 5.58. The summed E-state index contributed by atoms with van der Waals surface area (Å²) in [5, 5.41) is 0.0420. The lowest BCUT2D eigenvalue weighted by Gasteiger charge is -2.26. The van der Waals surface area contributed by atoms with Crippen molar-refractivity contribution in [3.05, 3.63) is 28.8 Å². The number of nitrogens with one attached hydrogen (secondary N) is 1. The summed E-state index contributed by atoms with van der Waals surface area (Å²) in [5.74, 6) is -0.608. The predicted molar refractivity (Wildman–Crippen MR) is 83.3 cm³/mol. The predicted octanol–water partition coefficient (Wildman–Crippen LogP) is 1.67. The molecule has 6 nitrogen and oxygen atoms in total. The molecule has 0 aliphatic heterocycles. The molecule has 1 saturated carbocycles. The van der Waals surface area contributed by atoms with Crippen molar-refractivity contribution in [3.63, 3.8) is 0 Å². The molecule has 0 spiro atoms. The Morgan fingerprint density at radius 1 is 1.32 bits per heavy atom. The van der Waals surface area contributed by atoms with E-state index in [1.54, 1.807) is 0 Å². The molecule has 2 rings (SSSR count). The van der Waals surface area contributed by atoms with E-state index < -0.39 is 16.0 Å². The second-order valence-electron chi connectivity index (χ2n) is 5.37. The van der Waals surface area contributed by atoms with Gasteiger partial charge in [-0.1, -0.05) is 11.6 Å². The molecule has 0 unspecified atom stereocenters. The molecule has 8 heteroatoms. The Balaban J connectivity index is 2.16. The van der Waals surface area contributed by atoms with Crippen LogP contribution in [-0.2, 0) is 14.8 Å². The number of halogens is 1. The van der Waals surface area contributed by atoms with Gasteiger partial charge in [0.25, 0.3) is 0 Å². The number of benzene rings is 1. The molecule has 22 heavy (non-hydrogen) atoms. The Morgan fingerprint density at radius 3 is 2.50 bits per heavy atom. The number of nitrogens with two attached hydrogens (primary N) is 1. The van der Waals surface area contributed by atoms with Crippen LogP contribution in [0.1, 0.15) is 36.0 Å². The molecule has 0 heterocycles. The fourth-order valence-electron chi connectivity index (χ4n) is 2.46. The molecule has 0 bridgehead atoms. The summed E-state index contributed by atoms with van der Waals surface area (Å²) < 4.78 is 32.0. The Morgan fingerprint density at radius 2 is 1.95 bits per heavy atom. The van der Waals surface area contributed by atoms with E-state index in [2.05, 4.69) is 9.46 Å². The maximum atomic E-state index is 12.4. The standard InChI is InChI=1S/C14H19ClN2O4S/c1-21-14(18)12-7-6-11(8-13(12)15)22(19,20)17-10-4-2-9(16)3-5-10/h6-10,17H,2-5,16H2,1H3. The highest BCUT2D eigenvalue weighted by Crippen LogP contribution is 2.23. The molecule has 3 N–H and O–H groups in total. The van der Waals surface area contributed by atoms with Crippen molar-refractivity contribution in [2.45, 2.75) is 42.7 Å². The fraction of sp³-hybridized carbons (Fsp3) is 0.500. The quantitative estimate of drug-likeness (QED) is 0.808. The van der Waals surface area contributed by atoms with Gasteiger partial charge in [-0.15, -0.1) is 0 Å². The van der Waals surface area contributed by atoms with E-state index in [9.17, 15) is 13.2 Å². The van der Waals surface area contributed by atoms with E-state index in [4.69, 9.17) is 17.3 Å². The fourth-order valence-corrected chi connectivity index (χ4v) is 4.12. The molecule has 122 valence electrons. The third-order valence-electron chi connectivity index (χ3n) is 3.75. The van der Waals surface area contributed by atoms with Crippen LogP contribution in [0.25, 0.3) is 0 Å². The highest BCUT2D eigenvalue weighted by molar-refractivity contribution is 7.89. The van der Waals surface area contributed by atoms with E-state index in [1.165, 1.54) is 25.3 Å². The average Bonchev–Trinajstić information content (AvgIpc) is 2.48. The number of carbonyl (C=O) groups excluding carboxylic acids is 1. The van der Waals surface area contributed by atoms with Gasteiger partial charge in [-0.05, 0) is 43.9 Å². The third kappa shape index (κ3) is 3.98. The van der Waals surface area contributed by atoms with Crippen molar-refractivity contribution in [2.24, 2.45) is 5.73 Å². The number of ether oxygens (including phenoxy) is 1. The van der Waals surface area contributed by atoms with Crippen LogP contribution in [0.3, 0.4) is 0 Å². The largest absolute Gasteiger partial charge is 0.465 e. The zero-order valence-electron chi connectivity index (χ0n) is 12.2. The van der Waals surface area contributed by atoms with Crippen LogP contribution in [0.15, 0.2) is 23.1 Å². The van der Waals surface area contributed by atoms with Crippen molar-refractivity contribution in [1.82, 2.24) is 4.72 Å². The van der Waals surface area contributed by atoms with Crippen LogP contribution in [0.4, 0.5) is 0 Å². The van der Waals surface area contributed by atoms with Gasteiger partial charge < -0.3 is 10.5 Å². The van der Waals surface area contributed by atoms with Crippen LogP contribution < -0.4 is 10.5 Å². The first-order chi connectivity index (χ1) is 10.3. The van der Waals surface area contributed by atoms with Crippen LogP contribution in [0.5, 0.6) is 0 Å². The van der Waals surface area contributed by atoms with E-state index in [0.29, 0.717) is 12.8 Å². The Labute approximate surface area is 135 Å². The summed E-state index contributed by atoms with van der Waals surface area (Å²) in [4.78, 5) is 11.5. The minimum absolute atomic E-state index is 0.0278. The van der Waals surface area contributed by atoms with Gasteiger partial charge in [-0.2, -0.15) is 0 Å². The summed E-state index contributed by atoms with van der Waals surface area (Å²) in [5.41, 5.74) is 5.94. The monoisotopic (exact) mass is 346 g/mol. The summed E-state index contributed by atoms with van der Waals surface area (Å²) in [7, 11) is -2.44. The SMILES string of the molecule is COC(=O)c1ccc(S(=O)(=O)NC2CCC(N)CC2)cc1Cl. The number of rotatable bonds is 4. The Hall–Kier alpha value is -1.15. The summed E-state index contributed by atoms with van der Waals surface area (Å²) in [6.45, 7) is 0. The van der Waals surface area contributed by atoms with Gasteiger partial charge in [0.15, 0.2) is 0 Å². The lowest BCUT2D eigenvalue weighted by molar-refractivity contribution is 0.0601. The highest BCUT2D eigenvalue weighted by Gasteiger charge is 2.25. The lowest BCUT2D eigenvalue weighted by Crippen LogP contribution is -2.40. The van der Waals surface area contributed by atoms with Gasteiger partial charge in [-0.25, -0.2) is 17.9 Å². The molecule has 1 aliphatic rings. The molecule has 1 aromatic rings. The van der Waals surface area contributed by atoms with Gasteiger partial charge in [0, 0.05) is 12.1 Å². The molecule has 1 aromatic carbocycles. The Bertz CT molecular complexity index is 655. The zero-order valence-corrected chi connectivity index (χ0v) is 13.8. The maximum Gasteiger partial charge on any atom is 0.339 e. The molecule has 0 saturated heterocycles. The van der Waals surface area contributed by atoms with Crippen LogP contribution in [0, 0.1) is 0 Å². The molecule has 0 aromatic heterocycles. The molecule has 0 amide bonds. The minimum Gasteiger partial charge on any atom is -0.465 e. The molecule has 0 atom stereocenters. The lowest BCUT2D eigenvalue weighted by atomic mass is 9.93. The van der Waals surface area contributed by atoms with Gasteiger partial charge in [0.2, 0.25) is 10.0 Å². The molecular formula is C14H19ClN2O4S. The summed E-state index contributed by atoms with van der Waals surface area (Å²) in [6.07, 6.45) is 3.03. The van der Waals surface area contributed by atoms with E-state index in [-0.39, 0.29) is 27.6 Å². The van der Waals surface area contributed by atoms with Crippen molar-refractivity contribution < 1.29 is 17.9 Å². The number of sulfonamides is 1. The minimum atomic E-state index is -3.68. The Kier molecular flexibility index (Phi) is 5.44. The number of esters is 1. The van der Waals surface area contributed by atoms with E-state index in [1.807, 2.05) is 0 Å². The van der Waals surface area contributed by atoms with E-state index in [0.717, 1.165) is 12.8 Å². The van der Waals surface area contributed by atoms with Gasteiger partial charge in [-0.3, -0.25) is 0 Å². The first-order valence-corrected chi connectivity index (χ1v) is 8.85. The van der Waals surface area contributed by atoms with E-state index >= 15 is 0 Å². The second-order valence-corrected chi connectivity index (χ2v) is 7.49.